The van der Waals surface area contributed by atoms with Crippen LogP contribution < -0.4 is 23.7 Å². The van der Waals surface area contributed by atoms with E-state index in [1.165, 1.54) is 0 Å². The van der Waals surface area contributed by atoms with Gasteiger partial charge in [-0.15, -0.1) is 11.8 Å². The van der Waals surface area contributed by atoms with Crippen molar-refractivity contribution in [3.8, 4) is 28.7 Å². The van der Waals surface area contributed by atoms with Crippen LogP contribution in [0.1, 0.15) is 41.7 Å². The molecule has 2 atom stereocenters. The van der Waals surface area contributed by atoms with Gasteiger partial charge in [-0.3, -0.25) is 0 Å². The van der Waals surface area contributed by atoms with Gasteiger partial charge in [0.05, 0.1) is 47.3 Å². The van der Waals surface area contributed by atoms with E-state index in [2.05, 4.69) is 6.07 Å². The molecule has 37 heavy (non-hydrogen) atoms. The highest BCUT2D eigenvalue weighted by molar-refractivity contribution is 7.99. The first-order valence-electron chi connectivity index (χ1n) is 12.1. The standard InChI is InChI=1S/C29H33ClO6S/c1-18-14-19(15-25(31-2)28(18)35-12-13-37-22-8-6-21(30)7-9-22)23-10-11-24(36-23)20-16-26(32-3)29(34-5)27(17-20)33-4/h6-9,14-17,23-24H,10-13H2,1-5H3. The van der Waals surface area contributed by atoms with Gasteiger partial charge in [-0.25, -0.2) is 0 Å². The molecule has 2 unspecified atom stereocenters. The van der Waals surface area contributed by atoms with E-state index in [9.17, 15) is 0 Å². The fourth-order valence-electron chi connectivity index (χ4n) is 4.54. The minimum absolute atomic E-state index is 0.0498. The Hall–Kier alpha value is -2.74. The zero-order valence-electron chi connectivity index (χ0n) is 21.8. The third-order valence-corrected chi connectivity index (χ3v) is 7.57. The summed E-state index contributed by atoms with van der Waals surface area (Å²) in [5, 5.41) is 0.738. The van der Waals surface area contributed by atoms with Crippen molar-refractivity contribution in [1.29, 1.82) is 0 Å². The number of halogens is 1. The van der Waals surface area contributed by atoms with E-state index in [0.717, 1.165) is 51.0 Å². The van der Waals surface area contributed by atoms with Crippen LogP contribution in [0.2, 0.25) is 5.02 Å². The summed E-state index contributed by atoms with van der Waals surface area (Å²) >= 11 is 7.69. The second-order valence-corrected chi connectivity index (χ2v) is 10.3. The lowest BCUT2D eigenvalue weighted by Crippen LogP contribution is -2.06. The highest BCUT2D eigenvalue weighted by atomic mass is 35.5. The molecule has 0 saturated carbocycles. The molecule has 1 saturated heterocycles. The molecule has 0 aliphatic carbocycles. The van der Waals surface area contributed by atoms with Gasteiger partial charge in [-0.2, -0.15) is 0 Å². The molecule has 1 aliphatic rings. The molecule has 1 aliphatic heterocycles. The van der Waals surface area contributed by atoms with Gasteiger partial charge in [0.15, 0.2) is 23.0 Å². The lowest BCUT2D eigenvalue weighted by atomic mass is 10.0. The smallest absolute Gasteiger partial charge is 0.203 e. The summed E-state index contributed by atoms with van der Waals surface area (Å²) in [4.78, 5) is 1.16. The summed E-state index contributed by atoms with van der Waals surface area (Å²) in [5.74, 6) is 4.11. The zero-order valence-corrected chi connectivity index (χ0v) is 23.4. The van der Waals surface area contributed by atoms with E-state index in [4.69, 9.17) is 40.0 Å². The van der Waals surface area contributed by atoms with Gasteiger partial charge in [0.1, 0.15) is 0 Å². The van der Waals surface area contributed by atoms with Crippen molar-refractivity contribution in [3.63, 3.8) is 0 Å². The fourth-order valence-corrected chi connectivity index (χ4v) is 5.40. The molecule has 0 bridgehead atoms. The van der Waals surface area contributed by atoms with E-state index in [-0.39, 0.29) is 12.2 Å². The molecule has 198 valence electrons. The molecule has 3 aromatic rings. The molecule has 8 heteroatoms. The van der Waals surface area contributed by atoms with Crippen molar-refractivity contribution in [2.45, 2.75) is 36.9 Å². The van der Waals surface area contributed by atoms with Crippen LogP contribution in [0.5, 0.6) is 28.7 Å². The van der Waals surface area contributed by atoms with Gasteiger partial charge in [-0.1, -0.05) is 11.6 Å². The Morgan fingerprint density at radius 2 is 1.32 bits per heavy atom. The normalized spacial score (nSPS) is 16.9. The Balaban J connectivity index is 1.43. The molecule has 0 N–H and O–H groups in total. The third-order valence-electron chi connectivity index (χ3n) is 6.35. The lowest BCUT2D eigenvalue weighted by Gasteiger charge is -2.20. The van der Waals surface area contributed by atoms with E-state index < -0.39 is 0 Å². The van der Waals surface area contributed by atoms with Crippen LogP contribution in [0.25, 0.3) is 0 Å². The van der Waals surface area contributed by atoms with Crippen LogP contribution in [0.4, 0.5) is 0 Å². The number of benzene rings is 3. The van der Waals surface area contributed by atoms with Crippen LogP contribution in [0.3, 0.4) is 0 Å². The lowest BCUT2D eigenvalue weighted by molar-refractivity contribution is 0.0436. The minimum atomic E-state index is -0.0779. The minimum Gasteiger partial charge on any atom is -0.493 e. The Kier molecular flexibility index (Phi) is 9.35. The first-order valence-corrected chi connectivity index (χ1v) is 13.5. The number of rotatable bonds is 11. The number of hydrogen-bond acceptors (Lipinski definition) is 7. The van der Waals surface area contributed by atoms with Crippen molar-refractivity contribution in [2.75, 3.05) is 40.8 Å². The van der Waals surface area contributed by atoms with E-state index >= 15 is 0 Å². The van der Waals surface area contributed by atoms with E-state index in [1.54, 1.807) is 40.2 Å². The maximum Gasteiger partial charge on any atom is 0.203 e. The first-order chi connectivity index (χ1) is 18.0. The first kappa shape index (κ1) is 27.3. The van der Waals surface area contributed by atoms with Gasteiger partial charge in [0.2, 0.25) is 5.75 Å². The van der Waals surface area contributed by atoms with Crippen LogP contribution in [-0.2, 0) is 4.74 Å². The summed E-state index contributed by atoms with van der Waals surface area (Å²) < 4.78 is 34.8. The Morgan fingerprint density at radius 3 is 1.86 bits per heavy atom. The summed E-state index contributed by atoms with van der Waals surface area (Å²) in [7, 11) is 6.51. The zero-order chi connectivity index (χ0) is 26.4. The number of hydrogen-bond donors (Lipinski definition) is 0. The molecule has 0 radical (unpaired) electrons. The molecule has 6 nitrogen and oxygen atoms in total. The van der Waals surface area contributed by atoms with Gasteiger partial charge in [0, 0.05) is 15.7 Å². The number of ether oxygens (including phenoxy) is 6. The number of methoxy groups -OCH3 is 4. The highest BCUT2D eigenvalue weighted by Crippen LogP contribution is 2.47. The maximum atomic E-state index is 6.50. The van der Waals surface area contributed by atoms with Gasteiger partial charge in [-0.05, 0) is 85.0 Å². The predicted molar refractivity (Wildman–Crippen MR) is 147 cm³/mol. The van der Waals surface area contributed by atoms with Gasteiger partial charge >= 0.3 is 0 Å². The molecule has 0 aromatic heterocycles. The third kappa shape index (κ3) is 6.40. The summed E-state index contributed by atoms with van der Waals surface area (Å²) in [6, 6.07) is 15.9. The van der Waals surface area contributed by atoms with Crippen molar-refractivity contribution in [3.05, 3.63) is 70.2 Å². The largest absolute Gasteiger partial charge is 0.493 e. The summed E-state index contributed by atoms with van der Waals surface area (Å²) in [6.45, 7) is 2.60. The molecule has 4 rings (SSSR count). The van der Waals surface area contributed by atoms with Gasteiger partial charge < -0.3 is 28.4 Å². The van der Waals surface area contributed by atoms with Crippen LogP contribution in [0.15, 0.2) is 53.4 Å². The maximum absolute atomic E-state index is 6.50. The van der Waals surface area contributed by atoms with Crippen LogP contribution in [-0.4, -0.2) is 40.8 Å². The monoisotopic (exact) mass is 544 g/mol. The summed E-state index contributed by atoms with van der Waals surface area (Å²) in [6.07, 6.45) is 1.64. The highest BCUT2D eigenvalue weighted by Gasteiger charge is 2.30. The molecular formula is C29H33ClO6S. The Morgan fingerprint density at radius 1 is 0.784 bits per heavy atom. The van der Waals surface area contributed by atoms with Gasteiger partial charge in [0.25, 0.3) is 0 Å². The molecule has 0 spiro atoms. The predicted octanol–water partition coefficient (Wildman–Crippen LogP) is 7.45. The van der Waals surface area contributed by atoms with Crippen molar-refractivity contribution >= 4 is 23.4 Å². The molecule has 1 fully saturated rings. The van der Waals surface area contributed by atoms with Crippen molar-refractivity contribution in [1.82, 2.24) is 0 Å². The summed E-state index contributed by atoms with van der Waals surface area (Å²) in [5.41, 5.74) is 3.09. The molecule has 0 amide bonds. The van der Waals surface area contributed by atoms with Crippen LogP contribution in [0, 0.1) is 6.92 Å². The second kappa shape index (κ2) is 12.7. The topological polar surface area (TPSA) is 55.4 Å². The quantitative estimate of drug-likeness (QED) is 0.183. The van der Waals surface area contributed by atoms with E-state index in [1.807, 2.05) is 49.4 Å². The number of thioether (sulfide) groups is 1. The fraction of sp³-hybridized carbons (Fsp3) is 0.379. The van der Waals surface area contributed by atoms with Crippen molar-refractivity contribution < 1.29 is 28.4 Å². The molecule has 1 heterocycles. The average molecular weight is 545 g/mol. The SMILES string of the molecule is COc1cc(C2CCC(c3cc(OC)c(OC)c(OC)c3)O2)cc(C)c1OCCSc1ccc(Cl)cc1. The number of aryl methyl sites for hydroxylation is 1. The second-order valence-electron chi connectivity index (χ2n) is 8.67. The average Bonchev–Trinajstić information content (AvgIpc) is 3.42. The van der Waals surface area contributed by atoms with E-state index in [0.29, 0.717) is 29.6 Å². The Labute approximate surface area is 228 Å². The molecule has 3 aromatic carbocycles. The van der Waals surface area contributed by atoms with Crippen molar-refractivity contribution in [2.24, 2.45) is 0 Å². The molecular weight excluding hydrogens is 512 g/mol. The van der Waals surface area contributed by atoms with Crippen LogP contribution >= 0.6 is 23.4 Å². The Bertz CT molecular complexity index is 1170.